The Labute approximate surface area is 120 Å². The Morgan fingerprint density at radius 2 is 2.00 bits per heavy atom. The van der Waals surface area contributed by atoms with Crippen LogP contribution in [0, 0.1) is 0 Å². The normalized spacial score (nSPS) is 13.9. The van der Waals surface area contributed by atoms with Gasteiger partial charge in [0.1, 0.15) is 21.1 Å². The van der Waals surface area contributed by atoms with Gasteiger partial charge in [0.2, 0.25) is 0 Å². The minimum absolute atomic E-state index is 0.338. The Hall–Kier alpha value is -1.24. The molecule has 19 heavy (non-hydrogen) atoms. The number of aromatic nitrogens is 2. The number of nitrogens with zero attached hydrogens (tertiary/aromatic N) is 3. The first kappa shape index (κ1) is 14.2. The highest BCUT2D eigenvalue weighted by Gasteiger charge is 2.25. The van der Waals surface area contributed by atoms with E-state index >= 15 is 0 Å². The summed E-state index contributed by atoms with van der Waals surface area (Å²) in [4.78, 5) is 9.19. The first-order valence-corrected chi connectivity index (χ1v) is 7.71. The van der Waals surface area contributed by atoms with Gasteiger partial charge in [0.25, 0.3) is 0 Å². The van der Waals surface area contributed by atoms with E-state index in [2.05, 4.69) is 14.4 Å². The molecule has 0 N–H and O–H groups in total. The van der Waals surface area contributed by atoms with Crippen LogP contribution < -0.4 is 0 Å². The van der Waals surface area contributed by atoms with E-state index in [4.69, 9.17) is 0 Å². The Bertz CT molecular complexity index is 561. The third-order valence-corrected chi connectivity index (χ3v) is 4.58. The predicted octanol–water partition coefficient (Wildman–Crippen LogP) is 3.09. The molecule has 4 nitrogen and oxygen atoms in total. The molecule has 0 radical (unpaired) electrons. The standard InChI is InChI=1S/C13H15N3OS2/c1-13(2,3)19(17)16-9-11-8-15-12(18-11)10-4-6-14-7-5-10/h4-9H,1-3H3. The fourth-order valence-electron chi connectivity index (χ4n) is 1.23. The van der Waals surface area contributed by atoms with Gasteiger partial charge in [-0.2, -0.15) is 0 Å². The van der Waals surface area contributed by atoms with Gasteiger partial charge in [0.15, 0.2) is 0 Å². The first-order valence-electron chi connectivity index (χ1n) is 5.79. The van der Waals surface area contributed by atoms with Crippen molar-refractivity contribution in [2.24, 2.45) is 4.40 Å². The third-order valence-electron chi connectivity index (χ3n) is 2.25. The molecule has 100 valence electrons. The maximum Gasteiger partial charge on any atom is 0.144 e. The average molecular weight is 293 g/mol. The fraction of sp³-hybridized carbons (Fsp3) is 0.308. The lowest BCUT2D eigenvalue weighted by Gasteiger charge is -2.17. The van der Waals surface area contributed by atoms with Crippen molar-refractivity contribution < 1.29 is 4.55 Å². The van der Waals surface area contributed by atoms with Crippen LogP contribution in [0.4, 0.5) is 0 Å². The molecule has 1 unspecified atom stereocenters. The van der Waals surface area contributed by atoms with Crippen LogP contribution in [-0.2, 0) is 11.4 Å². The Morgan fingerprint density at radius 3 is 2.63 bits per heavy atom. The molecule has 2 aromatic heterocycles. The molecular weight excluding hydrogens is 278 g/mol. The lowest BCUT2D eigenvalue weighted by atomic mass is 10.3. The highest BCUT2D eigenvalue weighted by atomic mass is 32.2. The summed E-state index contributed by atoms with van der Waals surface area (Å²) in [7, 11) is 0. The summed E-state index contributed by atoms with van der Waals surface area (Å²) in [6.45, 7) is 5.70. The van der Waals surface area contributed by atoms with E-state index in [1.807, 2.05) is 32.9 Å². The molecular formula is C13H15N3OS2. The number of hydrogen-bond donors (Lipinski definition) is 0. The maximum atomic E-state index is 11.8. The molecule has 2 heterocycles. The summed E-state index contributed by atoms with van der Waals surface area (Å²) in [5.41, 5.74) is 1.02. The second-order valence-electron chi connectivity index (χ2n) is 4.90. The van der Waals surface area contributed by atoms with E-state index in [1.54, 1.807) is 24.8 Å². The molecule has 0 aliphatic carbocycles. The SMILES string of the molecule is CC(C)(C)[S+]([O-])N=Cc1cnc(-c2ccncc2)s1. The number of pyridine rings is 1. The molecule has 0 aliphatic heterocycles. The van der Waals surface area contributed by atoms with Gasteiger partial charge in [0, 0.05) is 24.2 Å². The van der Waals surface area contributed by atoms with Gasteiger partial charge in [-0.3, -0.25) is 4.98 Å². The van der Waals surface area contributed by atoms with Crippen LogP contribution in [-0.4, -0.2) is 25.5 Å². The molecule has 0 saturated heterocycles. The van der Waals surface area contributed by atoms with Crippen molar-refractivity contribution in [2.45, 2.75) is 25.5 Å². The van der Waals surface area contributed by atoms with Crippen LogP contribution in [0.3, 0.4) is 0 Å². The summed E-state index contributed by atoms with van der Waals surface area (Å²) >= 11 is 0.281. The van der Waals surface area contributed by atoms with Crippen LogP contribution in [0.25, 0.3) is 10.6 Å². The summed E-state index contributed by atoms with van der Waals surface area (Å²) < 4.78 is 15.5. The molecule has 2 aromatic rings. The van der Waals surface area contributed by atoms with Gasteiger partial charge in [-0.05, 0) is 32.9 Å². The van der Waals surface area contributed by atoms with Crippen LogP contribution >= 0.6 is 11.3 Å². The quantitative estimate of drug-likeness (QED) is 0.645. The summed E-state index contributed by atoms with van der Waals surface area (Å²) in [6.07, 6.45) is 6.84. The van der Waals surface area contributed by atoms with Crippen molar-refractivity contribution in [3.05, 3.63) is 35.6 Å². The topological polar surface area (TPSA) is 61.2 Å². The summed E-state index contributed by atoms with van der Waals surface area (Å²) in [5.74, 6) is 0. The number of hydrogen-bond acceptors (Lipinski definition) is 5. The van der Waals surface area contributed by atoms with Crippen molar-refractivity contribution in [3.63, 3.8) is 0 Å². The molecule has 0 amide bonds. The third kappa shape index (κ3) is 3.86. The zero-order valence-corrected chi connectivity index (χ0v) is 12.7. The highest BCUT2D eigenvalue weighted by Crippen LogP contribution is 2.24. The van der Waals surface area contributed by atoms with Gasteiger partial charge >= 0.3 is 0 Å². The van der Waals surface area contributed by atoms with Gasteiger partial charge < -0.3 is 4.55 Å². The monoisotopic (exact) mass is 293 g/mol. The Balaban J connectivity index is 2.12. The predicted molar refractivity (Wildman–Crippen MR) is 80.8 cm³/mol. The average Bonchev–Trinajstić information content (AvgIpc) is 2.84. The van der Waals surface area contributed by atoms with E-state index in [0.717, 1.165) is 15.4 Å². The van der Waals surface area contributed by atoms with Gasteiger partial charge in [-0.1, -0.05) is 4.40 Å². The minimum atomic E-state index is -1.23. The molecule has 0 aliphatic rings. The minimum Gasteiger partial charge on any atom is -0.591 e. The molecule has 0 bridgehead atoms. The second kappa shape index (κ2) is 5.81. The molecule has 0 aromatic carbocycles. The van der Waals surface area contributed by atoms with Crippen molar-refractivity contribution in [1.82, 2.24) is 9.97 Å². The zero-order chi connectivity index (χ0) is 13.9. The second-order valence-corrected chi connectivity index (χ2v) is 7.90. The van der Waals surface area contributed by atoms with E-state index < -0.39 is 11.4 Å². The first-order chi connectivity index (χ1) is 8.97. The summed E-state index contributed by atoms with van der Waals surface area (Å²) in [6, 6.07) is 3.82. The number of thiazole rings is 1. The van der Waals surface area contributed by atoms with Crippen LogP contribution in [0.1, 0.15) is 25.6 Å². The van der Waals surface area contributed by atoms with Crippen molar-refractivity contribution >= 4 is 28.9 Å². The lowest BCUT2D eigenvalue weighted by molar-refractivity contribution is 0.562. The largest absolute Gasteiger partial charge is 0.591 e. The lowest BCUT2D eigenvalue weighted by Crippen LogP contribution is -2.25. The molecule has 2 rings (SSSR count). The highest BCUT2D eigenvalue weighted by molar-refractivity contribution is 7.91. The van der Waals surface area contributed by atoms with Crippen LogP contribution in [0.15, 0.2) is 35.1 Å². The van der Waals surface area contributed by atoms with Crippen molar-refractivity contribution in [2.75, 3.05) is 0 Å². The van der Waals surface area contributed by atoms with Crippen molar-refractivity contribution in [1.29, 1.82) is 0 Å². The maximum absolute atomic E-state index is 11.8. The number of rotatable bonds is 3. The molecule has 1 atom stereocenters. The molecule has 0 saturated carbocycles. The molecule has 6 heteroatoms. The van der Waals surface area contributed by atoms with Crippen LogP contribution in [0.2, 0.25) is 0 Å². The van der Waals surface area contributed by atoms with Gasteiger partial charge in [-0.25, -0.2) is 4.98 Å². The molecule has 0 fully saturated rings. The van der Waals surface area contributed by atoms with E-state index in [9.17, 15) is 4.55 Å². The van der Waals surface area contributed by atoms with Crippen LogP contribution in [0.5, 0.6) is 0 Å². The summed E-state index contributed by atoms with van der Waals surface area (Å²) in [5, 5.41) is 0.908. The molecule has 0 spiro atoms. The Morgan fingerprint density at radius 1 is 1.32 bits per heavy atom. The van der Waals surface area contributed by atoms with E-state index in [0.29, 0.717) is 0 Å². The fourth-order valence-corrected chi connectivity index (χ4v) is 2.62. The van der Waals surface area contributed by atoms with E-state index in [-0.39, 0.29) is 4.75 Å². The zero-order valence-electron chi connectivity index (χ0n) is 11.0. The van der Waals surface area contributed by atoms with Gasteiger partial charge in [0.05, 0.1) is 11.1 Å². The Kier molecular flexibility index (Phi) is 4.34. The van der Waals surface area contributed by atoms with Crippen molar-refractivity contribution in [3.8, 4) is 10.6 Å². The van der Waals surface area contributed by atoms with E-state index in [1.165, 1.54) is 11.3 Å². The van der Waals surface area contributed by atoms with Gasteiger partial charge in [-0.15, -0.1) is 11.3 Å². The smallest absolute Gasteiger partial charge is 0.144 e.